The molecule has 0 spiro atoms. The average molecular weight is 338 g/mol. The molecule has 1 aliphatic rings. The number of nitrogens with zero attached hydrogens (tertiary/aromatic N) is 3. The molecular weight excluding hydrogens is 316 g/mol. The Morgan fingerprint density at radius 1 is 1.20 bits per heavy atom. The Morgan fingerprint density at radius 3 is 2.68 bits per heavy atom. The summed E-state index contributed by atoms with van der Waals surface area (Å²) in [6.45, 7) is 0.722. The number of pyridine rings is 1. The zero-order valence-corrected chi connectivity index (χ0v) is 14.5. The maximum absolute atomic E-state index is 12.7. The highest BCUT2D eigenvalue weighted by molar-refractivity contribution is 5.95. The molecule has 1 aromatic carbocycles. The van der Waals surface area contributed by atoms with Crippen molar-refractivity contribution in [3.8, 4) is 0 Å². The van der Waals surface area contributed by atoms with E-state index in [0.29, 0.717) is 11.4 Å². The number of aromatic nitrogens is 1. The van der Waals surface area contributed by atoms with Crippen LogP contribution >= 0.6 is 0 Å². The van der Waals surface area contributed by atoms with Gasteiger partial charge in [-0.05, 0) is 30.5 Å². The third-order valence-corrected chi connectivity index (χ3v) is 4.33. The second kappa shape index (κ2) is 7.34. The highest BCUT2D eigenvalue weighted by Gasteiger charge is 2.29. The van der Waals surface area contributed by atoms with Crippen LogP contribution in [0.5, 0.6) is 0 Å². The molecule has 3 amide bonds. The SMILES string of the molecule is CN(C)C(=O)c1cc(NC(=O)N2CCC[C@H]2c2ccccc2)ccn1. The van der Waals surface area contributed by atoms with Gasteiger partial charge in [-0.25, -0.2) is 4.79 Å². The van der Waals surface area contributed by atoms with Gasteiger partial charge in [-0.1, -0.05) is 30.3 Å². The predicted molar refractivity (Wildman–Crippen MR) is 96.4 cm³/mol. The second-order valence-electron chi connectivity index (χ2n) is 6.32. The third kappa shape index (κ3) is 3.79. The standard InChI is InChI=1S/C19H22N4O2/c1-22(2)18(24)16-13-15(10-11-20-16)21-19(25)23-12-6-9-17(23)14-7-4-3-5-8-14/h3-5,7-8,10-11,13,17H,6,9,12H2,1-2H3,(H,20,21,25)/t17-/m0/s1. The van der Waals surface area contributed by atoms with Crippen LogP contribution in [0.4, 0.5) is 10.5 Å². The Hall–Kier alpha value is -2.89. The van der Waals surface area contributed by atoms with Crippen molar-refractivity contribution in [2.24, 2.45) is 0 Å². The third-order valence-electron chi connectivity index (χ3n) is 4.33. The first kappa shape index (κ1) is 17.0. The summed E-state index contributed by atoms with van der Waals surface area (Å²) in [5.41, 5.74) is 2.03. The number of carbonyl (C=O) groups excluding carboxylic acids is 2. The minimum atomic E-state index is -0.195. The molecule has 1 N–H and O–H groups in total. The summed E-state index contributed by atoms with van der Waals surface area (Å²) in [5, 5.41) is 2.89. The fraction of sp³-hybridized carbons (Fsp3) is 0.316. The normalized spacial score (nSPS) is 16.6. The first-order chi connectivity index (χ1) is 12.1. The van der Waals surface area contributed by atoms with E-state index in [9.17, 15) is 9.59 Å². The maximum atomic E-state index is 12.7. The first-order valence-electron chi connectivity index (χ1n) is 8.36. The highest BCUT2D eigenvalue weighted by Crippen LogP contribution is 2.32. The van der Waals surface area contributed by atoms with E-state index in [1.165, 1.54) is 11.1 Å². The summed E-state index contributed by atoms with van der Waals surface area (Å²) in [7, 11) is 3.34. The molecule has 6 heteroatoms. The van der Waals surface area contributed by atoms with Gasteiger partial charge >= 0.3 is 6.03 Å². The van der Waals surface area contributed by atoms with E-state index in [2.05, 4.69) is 22.4 Å². The van der Waals surface area contributed by atoms with Gasteiger partial charge in [-0.3, -0.25) is 9.78 Å². The zero-order valence-electron chi connectivity index (χ0n) is 14.5. The number of likely N-dealkylation sites (tertiary alicyclic amines) is 1. The number of carbonyl (C=O) groups is 2. The number of anilines is 1. The predicted octanol–water partition coefficient (Wildman–Crippen LogP) is 3.15. The molecule has 0 radical (unpaired) electrons. The number of nitrogens with one attached hydrogen (secondary N) is 1. The Bertz CT molecular complexity index is 761. The van der Waals surface area contributed by atoms with Crippen LogP contribution in [0.15, 0.2) is 48.7 Å². The molecule has 2 heterocycles. The summed E-state index contributed by atoms with van der Waals surface area (Å²) in [4.78, 5) is 32.1. The quantitative estimate of drug-likeness (QED) is 0.935. The number of amides is 3. The summed E-state index contributed by atoms with van der Waals surface area (Å²) >= 11 is 0. The van der Waals surface area contributed by atoms with Crippen molar-refractivity contribution < 1.29 is 9.59 Å². The molecule has 2 aromatic rings. The zero-order chi connectivity index (χ0) is 17.8. The van der Waals surface area contributed by atoms with Crippen molar-refractivity contribution in [1.82, 2.24) is 14.8 Å². The lowest BCUT2D eigenvalue weighted by Crippen LogP contribution is -2.34. The second-order valence-corrected chi connectivity index (χ2v) is 6.32. The minimum absolute atomic E-state index is 0.0888. The van der Waals surface area contributed by atoms with E-state index in [4.69, 9.17) is 0 Å². The molecule has 1 atom stereocenters. The molecule has 0 bridgehead atoms. The van der Waals surface area contributed by atoms with Gasteiger partial charge in [0.1, 0.15) is 5.69 Å². The van der Waals surface area contributed by atoms with Crippen molar-refractivity contribution in [3.63, 3.8) is 0 Å². The lowest BCUT2D eigenvalue weighted by molar-refractivity contribution is 0.0822. The van der Waals surface area contributed by atoms with Crippen molar-refractivity contribution in [2.75, 3.05) is 26.0 Å². The van der Waals surface area contributed by atoms with Crippen LogP contribution in [-0.4, -0.2) is 47.4 Å². The fourth-order valence-electron chi connectivity index (χ4n) is 3.08. The van der Waals surface area contributed by atoms with Crippen LogP contribution in [0.25, 0.3) is 0 Å². The van der Waals surface area contributed by atoms with E-state index in [1.807, 2.05) is 23.1 Å². The number of rotatable bonds is 3. The number of hydrogen-bond acceptors (Lipinski definition) is 3. The van der Waals surface area contributed by atoms with Gasteiger partial charge in [0.15, 0.2) is 0 Å². The molecular formula is C19H22N4O2. The van der Waals surface area contributed by atoms with Crippen LogP contribution in [0.1, 0.15) is 34.9 Å². The van der Waals surface area contributed by atoms with Gasteiger partial charge in [0.2, 0.25) is 0 Å². The monoisotopic (exact) mass is 338 g/mol. The Labute approximate surface area is 147 Å². The van der Waals surface area contributed by atoms with Crippen LogP contribution in [0, 0.1) is 0 Å². The molecule has 1 fully saturated rings. The molecule has 1 saturated heterocycles. The van der Waals surface area contributed by atoms with Gasteiger partial charge in [-0.15, -0.1) is 0 Å². The van der Waals surface area contributed by atoms with Gasteiger partial charge in [0.05, 0.1) is 6.04 Å². The van der Waals surface area contributed by atoms with Gasteiger partial charge in [0.25, 0.3) is 5.91 Å². The molecule has 1 aliphatic heterocycles. The van der Waals surface area contributed by atoms with E-state index in [1.54, 1.807) is 26.2 Å². The Kier molecular flexibility index (Phi) is 4.97. The molecule has 0 aliphatic carbocycles. The van der Waals surface area contributed by atoms with E-state index in [-0.39, 0.29) is 18.0 Å². The highest BCUT2D eigenvalue weighted by atomic mass is 16.2. The fourth-order valence-corrected chi connectivity index (χ4v) is 3.08. The van der Waals surface area contributed by atoms with Crippen molar-refractivity contribution in [1.29, 1.82) is 0 Å². The molecule has 0 unspecified atom stereocenters. The van der Waals surface area contributed by atoms with Crippen LogP contribution in [0.3, 0.4) is 0 Å². The van der Waals surface area contributed by atoms with Gasteiger partial charge in [-0.2, -0.15) is 0 Å². The van der Waals surface area contributed by atoms with E-state index >= 15 is 0 Å². The van der Waals surface area contributed by atoms with Crippen molar-refractivity contribution in [3.05, 3.63) is 59.9 Å². The molecule has 0 saturated carbocycles. The molecule has 25 heavy (non-hydrogen) atoms. The lowest BCUT2D eigenvalue weighted by atomic mass is 10.1. The Balaban J connectivity index is 1.74. The number of hydrogen-bond donors (Lipinski definition) is 1. The average Bonchev–Trinajstić information content (AvgIpc) is 3.12. The smallest absolute Gasteiger partial charge is 0.322 e. The molecule has 1 aromatic heterocycles. The maximum Gasteiger partial charge on any atom is 0.322 e. The van der Waals surface area contributed by atoms with Crippen molar-refractivity contribution in [2.45, 2.75) is 18.9 Å². The minimum Gasteiger partial charge on any atom is -0.343 e. The Morgan fingerprint density at radius 2 is 1.96 bits per heavy atom. The van der Waals surface area contributed by atoms with Gasteiger partial charge in [0, 0.05) is 32.5 Å². The van der Waals surface area contributed by atoms with Gasteiger partial charge < -0.3 is 15.1 Å². The summed E-state index contributed by atoms with van der Waals surface area (Å²) in [5.74, 6) is -0.195. The van der Waals surface area contributed by atoms with Crippen molar-refractivity contribution >= 4 is 17.6 Å². The van der Waals surface area contributed by atoms with E-state index in [0.717, 1.165) is 24.9 Å². The number of benzene rings is 1. The molecule has 3 rings (SSSR count). The topological polar surface area (TPSA) is 65.5 Å². The van der Waals surface area contributed by atoms with Crippen LogP contribution < -0.4 is 5.32 Å². The molecule has 130 valence electrons. The van der Waals surface area contributed by atoms with Crippen LogP contribution in [0.2, 0.25) is 0 Å². The molecule has 6 nitrogen and oxygen atoms in total. The number of urea groups is 1. The first-order valence-corrected chi connectivity index (χ1v) is 8.36. The van der Waals surface area contributed by atoms with E-state index < -0.39 is 0 Å². The summed E-state index contributed by atoms with van der Waals surface area (Å²) in [6.07, 6.45) is 3.47. The largest absolute Gasteiger partial charge is 0.343 e. The summed E-state index contributed by atoms with van der Waals surface area (Å²) < 4.78 is 0. The van der Waals surface area contributed by atoms with Crippen LogP contribution in [-0.2, 0) is 0 Å². The summed E-state index contributed by atoms with van der Waals surface area (Å²) in [6, 6.07) is 13.3. The lowest BCUT2D eigenvalue weighted by Gasteiger charge is -2.25.